The topological polar surface area (TPSA) is 48.0 Å². The lowest BCUT2D eigenvalue weighted by Crippen LogP contribution is -2.51. The fraction of sp³-hybridized carbons (Fsp3) is 0.944. The van der Waals surface area contributed by atoms with Crippen molar-refractivity contribution in [3.05, 3.63) is 0 Å². The molecule has 0 bridgehead atoms. The molecule has 2 saturated heterocycles. The minimum absolute atomic E-state index is 0.135. The quantitative estimate of drug-likeness (QED) is 0.719. The Balaban J connectivity index is 1.49. The summed E-state index contributed by atoms with van der Waals surface area (Å²) in [6.45, 7) is 7.86. The minimum atomic E-state index is 0.135. The summed E-state index contributed by atoms with van der Waals surface area (Å²) < 4.78 is 17.0. The molecule has 2 heterocycles. The number of nitrogens with zero attached hydrogens (tertiary/aromatic N) is 1. The molecule has 0 aromatic carbocycles. The molecule has 2 aliphatic heterocycles. The Bertz CT molecular complexity index is 388. The first-order chi connectivity index (χ1) is 11.2. The Morgan fingerprint density at radius 3 is 2.65 bits per heavy atom. The van der Waals surface area contributed by atoms with E-state index in [0.717, 1.165) is 64.7 Å². The van der Waals surface area contributed by atoms with Crippen LogP contribution in [0.2, 0.25) is 0 Å². The highest BCUT2D eigenvalue weighted by Crippen LogP contribution is 2.45. The van der Waals surface area contributed by atoms with Crippen LogP contribution in [-0.2, 0) is 19.0 Å². The van der Waals surface area contributed by atoms with Gasteiger partial charge in [-0.15, -0.1) is 0 Å². The average molecular weight is 325 g/mol. The zero-order valence-corrected chi connectivity index (χ0v) is 14.4. The summed E-state index contributed by atoms with van der Waals surface area (Å²) >= 11 is 0. The van der Waals surface area contributed by atoms with Crippen LogP contribution < -0.4 is 0 Å². The van der Waals surface area contributed by atoms with Crippen LogP contribution in [0.3, 0.4) is 0 Å². The van der Waals surface area contributed by atoms with Crippen molar-refractivity contribution in [2.45, 2.75) is 39.0 Å². The zero-order valence-electron chi connectivity index (χ0n) is 14.4. The molecule has 3 rings (SSSR count). The van der Waals surface area contributed by atoms with Gasteiger partial charge >= 0.3 is 0 Å². The van der Waals surface area contributed by atoms with Crippen molar-refractivity contribution in [2.75, 3.05) is 52.7 Å². The van der Waals surface area contributed by atoms with Crippen molar-refractivity contribution in [1.82, 2.24) is 4.90 Å². The number of carbonyl (C=O) groups is 1. The van der Waals surface area contributed by atoms with E-state index >= 15 is 0 Å². The third-order valence-electron chi connectivity index (χ3n) is 5.84. The first-order valence-electron chi connectivity index (χ1n) is 9.24. The first kappa shape index (κ1) is 17.2. The largest absolute Gasteiger partial charge is 0.381 e. The molecular formula is C18H31NO4. The molecule has 3 fully saturated rings. The fourth-order valence-corrected chi connectivity index (χ4v) is 3.91. The second-order valence-electron chi connectivity index (χ2n) is 7.38. The number of piperidine rings is 1. The number of likely N-dealkylation sites (tertiary alicyclic amines) is 1. The van der Waals surface area contributed by atoms with E-state index in [4.69, 9.17) is 14.2 Å². The SMILES string of the molecule is CCOCC(=O)N1CCC2(CCOC[C@@H]2COCC2CC2)CC1. The van der Waals surface area contributed by atoms with Gasteiger partial charge in [0.25, 0.3) is 0 Å². The Morgan fingerprint density at radius 2 is 1.96 bits per heavy atom. The fourth-order valence-electron chi connectivity index (χ4n) is 3.91. The number of carbonyl (C=O) groups excluding carboxylic acids is 1. The van der Waals surface area contributed by atoms with Crippen molar-refractivity contribution in [3.8, 4) is 0 Å². The van der Waals surface area contributed by atoms with Gasteiger partial charge in [-0.3, -0.25) is 4.79 Å². The maximum absolute atomic E-state index is 12.1. The number of hydrogen-bond donors (Lipinski definition) is 0. The number of amides is 1. The Morgan fingerprint density at radius 1 is 1.17 bits per heavy atom. The molecule has 23 heavy (non-hydrogen) atoms. The molecule has 0 radical (unpaired) electrons. The van der Waals surface area contributed by atoms with Gasteiger partial charge in [0.15, 0.2) is 0 Å². The van der Waals surface area contributed by atoms with Crippen molar-refractivity contribution < 1.29 is 19.0 Å². The third-order valence-corrected chi connectivity index (χ3v) is 5.84. The number of hydrogen-bond acceptors (Lipinski definition) is 4. The van der Waals surface area contributed by atoms with Crippen LogP contribution in [0.5, 0.6) is 0 Å². The monoisotopic (exact) mass is 325 g/mol. The summed E-state index contributed by atoms with van der Waals surface area (Å²) in [6, 6.07) is 0. The highest BCUT2D eigenvalue weighted by Gasteiger charge is 2.44. The molecule has 0 aromatic heterocycles. The normalized spacial score (nSPS) is 27.3. The van der Waals surface area contributed by atoms with E-state index in [-0.39, 0.29) is 12.5 Å². The predicted molar refractivity (Wildman–Crippen MR) is 87.2 cm³/mol. The van der Waals surface area contributed by atoms with Crippen molar-refractivity contribution in [3.63, 3.8) is 0 Å². The van der Waals surface area contributed by atoms with Gasteiger partial charge in [0.2, 0.25) is 5.91 Å². The molecule has 0 unspecified atom stereocenters. The van der Waals surface area contributed by atoms with E-state index in [2.05, 4.69) is 0 Å². The summed E-state index contributed by atoms with van der Waals surface area (Å²) in [7, 11) is 0. The number of ether oxygens (including phenoxy) is 3. The maximum Gasteiger partial charge on any atom is 0.248 e. The van der Waals surface area contributed by atoms with Gasteiger partial charge in [-0.1, -0.05) is 0 Å². The molecule has 3 aliphatic rings. The highest BCUT2D eigenvalue weighted by atomic mass is 16.5. The molecule has 1 aliphatic carbocycles. The standard InChI is InChI=1S/C18H31NO4/c1-2-21-14-17(20)19-8-5-18(6-9-19)7-10-22-12-16(18)13-23-11-15-3-4-15/h15-16H,2-14H2,1H3/t16-/m1/s1. The molecule has 0 aromatic rings. The second-order valence-corrected chi connectivity index (χ2v) is 7.38. The van der Waals surface area contributed by atoms with E-state index in [1.807, 2.05) is 11.8 Å². The second kappa shape index (κ2) is 7.95. The molecule has 1 amide bonds. The van der Waals surface area contributed by atoms with E-state index in [1.54, 1.807) is 0 Å². The lowest BCUT2D eigenvalue weighted by atomic mass is 9.66. The molecule has 0 N–H and O–H groups in total. The molecule has 1 saturated carbocycles. The molecule has 1 atom stereocenters. The van der Waals surface area contributed by atoms with Crippen molar-refractivity contribution in [2.24, 2.45) is 17.3 Å². The Hall–Kier alpha value is -0.650. The van der Waals surface area contributed by atoms with Crippen LogP contribution in [0.15, 0.2) is 0 Å². The van der Waals surface area contributed by atoms with Crippen molar-refractivity contribution in [1.29, 1.82) is 0 Å². The highest BCUT2D eigenvalue weighted by molar-refractivity contribution is 5.77. The van der Waals surface area contributed by atoms with Crippen LogP contribution in [0.25, 0.3) is 0 Å². The van der Waals surface area contributed by atoms with Crippen molar-refractivity contribution >= 4 is 5.91 Å². The van der Waals surface area contributed by atoms with Gasteiger partial charge in [-0.25, -0.2) is 0 Å². The molecule has 5 heteroatoms. The minimum Gasteiger partial charge on any atom is -0.381 e. The van der Waals surface area contributed by atoms with Crippen LogP contribution >= 0.6 is 0 Å². The van der Waals surface area contributed by atoms with Gasteiger partial charge in [0.1, 0.15) is 6.61 Å². The summed E-state index contributed by atoms with van der Waals surface area (Å²) in [5, 5.41) is 0. The van der Waals surface area contributed by atoms with Crippen LogP contribution in [0.1, 0.15) is 39.0 Å². The van der Waals surface area contributed by atoms with E-state index in [0.29, 0.717) is 17.9 Å². The maximum atomic E-state index is 12.1. The van der Waals surface area contributed by atoms with Gasteiger partial charge in [0, 0.05) is 38.8 Å². The molecule has 132 valence electrons. The zero-order chi connectivity index (χ0) is 16.1. The summed E-state index contributed by atoms with van der Waals surface area (Å²) in [4.78, 5) is 14.1. The van der Waals surface area contributed by atoms with E-state index < -0.39 is 0 Å². The predicted octanol–water partition coefficient (Wildman–Crippen LogP) is 2.09. The Kier molecular flexibility index (Phi) is 5.94. The van der Waals surface area contributed by atoms with E-state index in [9.17, 15) is 4.79 Å². The van der Waals surface area contributed by atoms with Gasteiger partial charge in [0.05, 0.1) is 13.2 Å². The number of rotatable bonds is 7. The summed E-state index contributed by atoms with van der Waals surface area (Å²) in [5.74, 6) is 1.43. The lowest BCUT2D eigenvalue weighted by molar-refractivity contribution is -0.143. The third kappa shape index (κ3) is 4.46. The average Bonchev–Trinajstić information content (AvgIpc) is 3.39. The molecular weight excluding hydrogens is 294 g/mol. The van der Waals surface area contributed by atoms with Gasteiger partial charge in [-0.2, -0.15) is 0 Å². The van der Waals surface area contributed by atoms with Crippen LogP contribution in [-0.4, -0.2) is 63.5 Å². The van der Waals surface area contributed by atoms with Gasteiger partial charge < -0.3 is 19.1 Å². The first-order valence-corrected chi connectivity index (χ1v) is 9.24. The smallest absolute Gasteiger partial charge is 0.248 e. The van der Waals surface area contributed by atoms with Crippen LogP contribution in [0, 0.1) is 17.3 Å². The van der Waals surface area contributed by atoms with Gasteiger partial charge in [-0.05, 0) is 50.4 Å². The molecule has 5 nitrogen and oxygen atoms in total. The van der Waals surface area contributed by atoms with E-state index in [1.165, 1.54) is 12.8 Å². The van der Waals surface area contributed by atoms with Crippen LogP contribution in [0.4, 0.5) is 0 Å². The Labute approximate surface area is 139 Å². The lowest BCUT2D eigenvalue weighted by Gasteiger charge is -2.49. The molecule has 1 spiro atoms. The summed E-state index contributed by atoms with van der Waals surface area (Å²) in [5.41, 5.74) is 0.310. The summed E-state index contributed by atoms with van der Waals surface area (Å²) in [6.07, 6.45) is 5.93.